The third-order valence-electron chi connectivity index (χ3n) is 4.70. The summed E-state index contributed by atoms with van der Waals surface area (Å²) < 4.78 is 17.2. The smallest absolute Gasteiger partial charge is 0.263 e. The van der Waals surface area contributed by atoms with E-state index < -0.39 is 0 Å². The first-order valence-electron chi connectivity index (χ1n) is 9.21. The highest BCUT2D eigenvalue weighted by atomic mass is 79.9. The monoisotopic (exact) mass is 468 g/mol. The lowest BCUT2D eigenvalue weighted by molar-refractivity contribution is -0.659. The first-order valence-corrected chi connectivity index (χ1v) is 10.0. The van der Waals surface area contributed by atoms with Crippen LogP contribution in [-0.4, -0.2) is 14.1 Å². The minimum atomic E-state index is -0.207. The minimum absolute atomic E-state index is 0. The zero-order valence-electron chi connectivity index (χ0n) is 16.3. The topological polar surface area (TPSA) is 7.12 Å². The molecule has 0 aliphatic rings. The van der Waals surface area contributed by atoms with Crippen LogP contribution in [0.3, 0.4) is 0 Å². The van der Waals surface area contributed by atoms with Gasteiger partial charge in [-0.25, -0.2) is 4.39 Å². The highest BCUT2D eigenvalue weighted by Gasteiger charge is 2.19. The van der Waals surface area contributed by atoms with Gasteiger partial charge in [0, 0.05) is 37.5 Å². The highest BCUT2D eigenvalue weighted by molar-refractivity contribution is 7.18. The molecule has 29 heavy (non-hydrogen) atoms. The molecule has 0 N–H and O–H groups in total. The van der Waals surface area contributed by atoms with E-state index in [-0.39, 0.29) is 22.8 Å². The summed E-state index contributed by atoms with van der Waals surface area (Å²) in [5.41, 5.74) is 4.44. The fourth-order valence-electron chi connectivity index (χ4n) is 3.18. The Labute approximate surface area is 185 Å². The van der Waals surface area contributed by atoms with E-state index in [0.717, 1.165) is 20.8 Å². The molecule has 0 amide bonds. The van der Waals surface area contributed by atoms with E-state index in [9.17, 15) is 4.39 Å². The van der Waals surface area contributed by atoms with Gasteiger partial charge in [0.1, 0.15) is 10.5 Å². The molecule has 5 heteroatoms. The normalized spacial score (nSPS) is 11.0. The lowest BCUT2D eigenvalue weighted by Gasteiger charge is -2.11. The Morgan fingerprint density at radius 2 is 1.66 bits per heavy atom. The molecule has 0 saturated carbocycles. The quantitative estimate of drug-likeness (QED) is 0.408. The number of hydrogen-bond donors (Lipinski definition) is 0. The number of aromatic nitrogens is 1. The Morgan fingerprint density at radius 3 is 2.34 bits per heavy atom. The first kappa shape index (κ1) is 21.2. The highest BCUT2D eigenvalue weighted by Crippen LogP contribution is 2.24. The van der Waals surface area contributed by atoms with E-state index in [1.807, 2.05) is 38.4 Å². The predicted octanol–water partition coefficient (Wildman–Crippen LogP) is 2.62. The minimum Gasteiger partial charge on any atom is -1.00 e. The fourth-order valence-corrected chi connectivity index (χ4v) is 4.22. The van der Waals surface area contributed by atoms with Crippen LogP contribution in [0.15, 0.2) is 72.8 Å². The average molecular weight is 469 g/mol. The maximum absolute atomic E-state index is 13.9. The van der Waals surface area contributed by atoms with E-state index in [1.165, 1.54) is 17.3 Å². The molecule has 4 rings (SSSR count). The molecule has 0 saturated heterocycles. The largest absolute Gasteiger partial charge is 1.00 e. The van der Waals surface area contributed by atoms with Crippen molar-refractivity contribution in [1.29, 1.82) is 0 Å². The van der Waals surface area contributed by atoms with Gasteiger partial charge in [0.25, 0.3) is 5.01 Å². The Kier molecular flexibility index (Phi) is 6.83. The SMILES string of the molecule is CN(C)c1ccc(/C=C/c2sc3ccc(F)cc3[n+]2Cc2ccccc2)cc1.[Br-]. The summed E-state index contributed by atoms with van der Waals surface area (Å²) >= 11 is 1.68. The van der Waals surface area contributed by atoms with Gasteiger partial charge in [-0.3, -0.25) is 0 Å². The molecule has 0 fully saturated rings. The third-order valence-corrected chi connectivity index (χ3v) is 5.83. The zero-order chi connectivity index (χ0) is 19.5. The molecule has 0 atom stereocenters. The van der Waals surface area contributed by atoms with Gasteiger partial charge in [-0.2, -0.15) is 4.57 Å². The summed E-state index contributed by atoms with van der Waals surface area (Å²) in [6.07, 6.45) is 4.23. The van der Waals surface area contributed by atoms with Crippen molar-refractivity contribution in [3.63, 3.8) is 0 Å². The van der Waals surface area contributed by atoms with Crippen LogP contribution in [0.1, 0.15) is 16.1 Å². The predicted molar refractivity (Wildman–Crippen MR) is 117 cm³/mol. The summed E-state index contributed by atoms with van der Waals surface area (Å²) in [4.78, 5) is 2.09. The molecule has 0 spiro atoms. The number of nitrogens with zero attached hydrogens (tertiary/aromatic N) is 2. The van der Waals surface area contributed by atoms with Gasteiger partial charge in [-0.05, 0) is 35.9 Å². The molecule has 0 unspecified atom stereocenters. The number of thiazole rings is 1. The van der Waals surface area contributed by atoms with Crippen molar-refractivity contribution in [2.24, 2.45) is 0 Å². The lowest BCUT2D eigenvalue weighted by atomic mass is 10.2. The summed E-state index contributed by atoms with van der Waals surface area (Å²) in [7, 11) is 4.07. The van der Waals surface area contributed by atoms with Crippen molar-refractivity contribution in [2.75, 3.05) is 19.0 Å². The second-order valence-electron chi connectivity index (χ2n) is 6.94. The van der Waals surface area contributed by atoms with Crippen LogP contribution in [0.5, 0.6) is 0 Å². The van der Waals surface area contributed by atoms with Gasteiger partial charge in [0.2, 0.25) is 5.52 Å². The molecule has 0 aliphatic carbocycles. The maximum atomic E-state index is 13.9. The summed E-state index contributed by atoms with van der Waals surface area (Å²) in [6.45, 7) is 0.712. The van der Waals surface area contributed by atoms with Crippen LogP contribution in [-0.2, 0) is 6.54 Å². The van der Waals surface area contributed by atoms with Crippen LogP contribution in [0.4, 0.5) is 10.1 Å². The van der Waals surface area contributed by atoms with Crippen LogP contribution in [0, 0.1) is 5.82 Å². The molecule has 0 radical (unpaired) electrons. The molecule has 4 aromatic rings. The van der Waals surface area contributed by atoms with Crippen LogP contribution >= 0.6 is 11.3 Å². The van der Waals surface area contributed by atoms with E-state index in [2.05, 4.69) is 58.0 Å². The second-order valence-corrected chi connectivity index (χ2v) is 8.01. The van der Waals surface area contributed by atoms with Crippen molar-refractivity contribution < 1.29 is 25.9 Å². The lowest BCUT2D eigenvalue weighted by Crippen LogP contribution is -3.00. The van der Waals surface area contributed by atoms with Gasteiger partial charge >= 0.3 is 0 Å². The number of rotatable bonds is 5. The Balaban J connectivity index is 0.00000240. The number of benzene rings is 3. The van der Waals surface area contributed by atoms with Gasteiger partial charge in [0.05, 0.1) is 0 Å². The standard InChI is InChI=1S/C24H22FN2S.BrH/c1-26(2)21-12-8-18(9-13-21)10-15-24-27(17-19-6-4-3-5-7-19)22-16-20(25)11-14-23(22)28-24;/h3-16H,17H2,1-2H3;1H/q+1;/p-1. The zero-order valence-corrected chi connectivity index (χ0v) is 18.8. The molecular formula is C24H22BrFN2S. The van der Waals surface area contributed by atoms with Crippen LogP contribution in [0.2, 0.25) is 0 Å². The molecular weight excluding hydrogens is 447 g/mol. The number of fused-ring (bicyclic) bond motifs is 1. The van der Waals surface area contributed by atoms with Gasteiger partial charge in [-0.15, -0.1) is 0 Å². The van der Waals surface area contributed by atoms with E-state index >= 15 is 0 Å². The van der Waals surface area contributed by atoms with E-state index in [0.29, 0.717) is 6.54 Å². The maximum Gasteiger partial charge on any atom is 0.263 e. The van der Waals surface area contributed by atoms with E-state index in [4.69, 9.17) is 0 Å². The van der Waals surface area contributed by atoms with E-state index in [1.54, 1.807) is 17.4 Å². The van der Waals surface area contributed by atoms with Crippen molar-refractivity contribution in [3.05, 3.63) is 94.7 Å². The van der Waals surface area contributed by atoms with Crippen LogP contribution < -0.4 is 26.4 Å². The Bertz CT molecular complexity index is 1120. The molecule has 0 bridgehead atoms. The van der Waals surface area contributed by atoms with Crippen molar-refractivity contribution >= 4 is 39.4 Å². The van der Waals surface area contributed by atoms with Gasteiger partial charge in [0.15, 0.2) is 6.54 Å². The molecule has 2 nitrogen and oxygen atoms in total. The molecule has 0 aliphatic heterocycles. The Morgan fingerprint density at radius 1 is 0.931 bits per heavy atom. The van der Waals surface area contributed by atoms with Crippen molar-refractivity contribution in [1.82, 2.24) is 0 Å². The van der Waals surface area contributed by atoms with Gasteiger partial charge < -0.3 is 21.9 Å². The molecule has 148 valence electrons. The molecule has 1 aromatic heterocycles. The third kappa shape index (κ3) is 4.92. The summed E-state index contributed by atoms with van der Waals surface area (Å²) in [5, 5.41) is 1.10. The fraction of sp³-hybridized carbons (Fsp3) is 0.125. The summed E-state index contributed by atoms with van der Waals surface area (Å²) in [6, 6.07) is 23.7. The van der Waals surface area contributed by atoms with Crippen molar-refractivity contribution in [3.8, 4) is 0 Å². The first-order chi connectivity index (χ1) is 13.6. The van der Waals surface area contributed by atoms with Gasteiger partial charge in [-0.1, -0.05) is 53.8 Å². The average Bonchev–Trinajstić information content (AvgIpc) is 3.04. The van der Waals surface area contributed by atoms with Crippen LogP contribution in [0.25, 0.3) is 22.4 Å². The molecule has 3 aromatic carbocycles. The number of anilines is 1. The van der Waals surface area contributed by atoms with Crippen molar-refractivity contribution in [2.45, 2.75) is 6.54 Å². The second kappa shape index (κ2) is 9.33. The number of hydrogen-bond acceptors (Lipinski definition) is 2. The number of halogens is 2. The summed E-state index contributed by atoms with van der Waals surface area (Å²) in [5.74, 6) is -0.207. The molecule has 1 heterocycles. The Hall–Kier alpha value is -2.50.